The lowest BCUT2D eigenvalue weighted by Crippen LogP contribution is -2.30. The molecule has 0 aromatic rings. The van der Waals surface area contributed by atoms with Crippen molar-refractivity contribution >= 4 is 0 Å². The van der Waals surface area contributed by atoms with Gasteiger partial charge in [0.25, 0.3) is 0 Å². The van der Waals surface area contributed by atoms with Gasteiger partial charge in [0.05, 0.1) is 0 Å². The molecule has 1 rings (SSSR count). The molecule has 0 unspecified atom stereocenters. The Labute approximate surface area is 82.5 Å². The van der Waals surface area contributed by atoms with E-state index in [2.05, 4.69) is 24.5 Å². The van der Waals surface area contributed by atoms with Crippen LogP contribution in [0.25, 0.3) is 0 Å². The van der Waals surface area contributed by atoms with Crippen LogP contribution >= 0.6 is 0 Å². The van der Waals surface area contributed by atoms with Gasteiger partial charge >= 0.3 is 0 Å². The molecule has 0 saturated carbocycles. The molecule has 1 atom stereocenters. The molecule has 0 aliphatic carbocycles. The van der Waals surface area contributed by atoms with Gasteiger partial charge in [-0.15, -0.1) is 0 Å². The summed E-state index contributed by atoms with van der Waals surface area (Å²) in [6.45, 7) is 8.10. The molecule has 1 aliphatic rings. The predicted octanol–water partition coefficient (Wildman–Crippen LogP) is 1.76. The Bertz CT molecular complexity index is 117. The van der Waals surface area contributed by atoms with Crippen LogP contribution in [0.5, 0.6) is 0 Å². The Morgan fingerprint density at radius 1 is 1.46 bits per heavy atom. The summed E-state index contributed by atoms with van der Waals surface area (Å²) in [5.41, 5.74) is 0. The molecule has 1 heterocycles. The van der Waals surface area contributed by atoms with E-state index in [1.165, 1.54) is 45.3 Å². The van der Waals surface area contributed by atoms with E-state index in [4.69, 9.17) is 0 Å². The van der Waals surface area contributed by atoms with Crippen LogP contribution in [-0.4, -0.2) is 25.7 Å². The molecule has 0 spiro atoms. The zero-order chi connectivity index (χ0) is 9.52. The van der Waals surface area contributed by atoms with Crippen LogP contribution in [0, 0.1) is 5.92 Å². The van der Waals surface area contributed by atoms with Crippen molar-refractivity contribution in [3.8, 4) is 0 Å². The minimum atomic E-state index is 0.643. The number of hydrogen-bond donors (Lipinski definition) is 2. The topological polar surface area (TPSA) is 24.1 Å². The first-order chi connectivity index (χ1) is 6.29. The van der Waals surface area contributed by atoms with Crippen LogP contribution in [0.4, 0.5) is 0 Å². The van der Waals surface area contributed by atoms with Crippen molar-refractivity contribution < 1.29 is 0 Å². The molecule has 78 valence electrons. The Balaban J connectivity index is 1.92. The maximum absolute atomic E-state index is 3.46. The third kappa shape index (κ3) is 5.27. The summed E-state index contributed by atoms with van der Waals surface area (Å²) in [6, 6.07) is 0.643. The molecular formula is C11H24N2. The van der Waals surface area contributed by atoms with Gasteiger partial charge in [-0.1, -0.05) is 13.8 Å². The highest BCUT2D eigenvalue weighted by atomic mass is 14.9. The van der Waals surface area contributed by atoms with E-state index in [0.29, 0.717) is 6.04 Å². The van der Waals surface area contributed by atoms with Crippen LogP contribution in [0.2, 0.25) is 0 Å². The van der Waals surface area contributed by atoms with Crippen LogP contribution in [0.3, 0.4) is 0 Å². The Morgan fingerprint density at radius 2 is 2.31 bits per heavy atom. The molecule has 2 N–H and O–H groups in total. The first-order valence-electron chi connectivity index (χ1n) is 5.73. The summed E-state index contributed by atoms with van der Waals surface area (Å²) >= 11 is 0. The first-order valence-corrected chi connectivity index (χ1v) is 5.73. The quantitative estimate of drug-likeness (QED) is 0.636. The Hall–Kier alpha value is -0.0800. The summed E-state index contributed by atoms with van der Waals surface area (Å²) in [5, 5.41) is 6.93. The van der Waals surface area contributed by atoms with Crippen LogP contribution in [0.15, 0.2) is 0 Å². The largest absolute Gasteiger partial charge is 0.316 e. The number of hydrogen-bond acceptors (Lipinski definition) is 2. The summed E-state index contributed by atoms with van der Waals surface area (Å²) < 4.78 is 0. The predicted molar refractivity (Wildman–Crippen MR) is 58.0 cm³/mol. The van der Waals surface area contributed by atoms with Gasteiger partial charge in [0.1, 0.15) is 0 Å². The van der Waals surface area contributed by atoms with Crippen LogP contribution < -0.4 is 10.6 Å². The number of nitrogens with one attached hydrogen (secondary N) is 2. The van der Waals surface area contributed by atoms with Crippen LogP contribution in [-0.2, 0) is 0 Å². The average molecular weight is 184 g/mol. The van der Waals surface area contributed by atoms with Gasteiger partial charge in [0.15, 0.2) is 0 Å². The molecule has 1 fully saturated rings. The molecular weight excluding hydrogens is 160 g/mol. The maximum Gasteiger partial charge on any atom is 0.00103 e. The highest BCUT2D eigenvalue weighted by molar-refractivity contribution is 4.69. The second kappa shape index (κ2) is 6.39. The second-order valence-corrected chi connectivity index (χ2v) is 4.46. The van der Waals surface area contributed by atoms with E-state index in [-0.39, 0.29) is 0 Å². The van der Waals surface area contributed by atoms with Gasteiger partial charge in [0, 0.05) is 6.04 Å². The molecule has 0 bridgehead atoms. The van der Waals surface area contributed by atoms with Crippen molar-refractivity contribution in [2.45, 2.75) is 45.6 Å². The molecule has 13 heavy (non-hydrogen) atoms. The molecule has 0 aromatic carbocycles. The van der Waals surface area contributed by atoms with Gasteiger partial charge in [-0.2, -0.15) is 0 Å². The standard InChI is InChI=1S/C11H24N2/c1-10(2)13-8-4-6-11-5-3-7-12-9-11/h10-13H,3-9H2,1-2H3/t11-/m1/s1. The molecule has 0 radical (unpaired) electrons. The van der Waals surface area contributed by atoms with E-state index in [1.807, 2.05) is 0 Å². The lowest BCUT2D eigenvalue weighted by molar-refractivity contribution is 0.346. The first kappa shape index (κ1) is 11.0. The highest BCUT2D eigenvalue weighted by Gasteiger charge is 2.11. The normalized spacial score (nSPS) is 23.8. The molecule has 1 saturated heterocycles. The molecule has 0 amide bonds. The van der Waals surface area contributed by atoms with Crippen molar-refractivity contribution in [2.24, 2.45) is 5.92 Å². The van der Waals surface area contributed by atoms with Crippen molar-refractivity contribution in [1.82, 2.24) is 10.6 Å². The summed E-state index contributed by atoms with van der Waals surface area (Å²) in [5.74, 6) is 0.947. The van der Waals surface area contributed by atoms with Crippen molar-refractivity contribution in [1.29, 1.82) is 0 Å². The third-order valence-corrected chi connectivity index (χ3v) is 2.74. The van der Waals surface area contributed by atoms with E-state index in [1.54, 1.807) is 0 Å². The smallest absolute Gasteiger partial charge is 0.00103 e. The molecule has 1 aliphatic heterocycles. The molecule has 2 heteroatoms. The second-order valence-electron chi connectivity index (χ2n) is 4.46. The zero-order valence-electron chi connectivity index (χ0n) is 9.10. The van der Waals surface area contributed by atoms with Crippen molar-refractivity contribution in [2.75, 3.05) is 19.6 Å². The van der Waals surface area contributed by atoms with Gasteiger partial charge in [-0.3, -0.25) is 0 Å². The minimum Gasteiger partial charge on any atom is -0.316 e. The number of rotatable bonds is 5. The van der Waals surface area contributed by atoms with E-state index in [9.17, 15) is 0 Å². The van der Waals surface area contributed by atoms with Gasteiger partial charge in [-0.05, 0) is 51.2 Å². The third-order valence-electron chi connectivity index (χ3n) is 2.74. The highest BCUT2D eigenvalue weighted by Crippen LogP contribution is 2.15. The van der Waals surface area contributed by atoms with Crippen molar-refractivity contribution in [3.63, 3.8) is 0 Å². The SMILES string of the molecule is CC(C)NCCC[C@H]1CCCNC1. The van der Waals surface area contributed by atoms with Gasteiger partial charge < -0.3 is 10.6 Å². The average Bonchev–Trinajstić information content (AvgIpc) is 2.14. The monoisotopic (exact) mass is 184 g/mol. The number of piperidine rings is 1. The summed E-state index contributed by atoms with van der Waals surface area (Å²) in [6.07, 6.45) is 5.55. The maximum atomic E-state index is 3.46. The zero-order valence-corrected chi connectivity index (χ0v) is 9.10. The fourth-order valence-corrected chi connectivity index (χ4v) is 1.95. The van der Waals surface area contributed by atoms with Crippen LogP contribution in [0.1, 0.15) is 39.5 Å². The Morgan fingerprint density at radius 3 is 2.92 bits per heavy atom. The van der Waals surface area contributed by atoms with E-state index < -0.39 is 0 Å². The van der Waals surface area contributed by atoms with Gasteiger partial charge in [-0.25, -0.2) is 0 Å². The van der Waals surface area contributed by atoms with E-state index in [0.717, 1.165) is 5.92 Å². The lowest BCUT2D eigenvalue weighted by Gasteiger charge is -2.22. The minimum absolute atomic E-state index is 0.643. The fraction of sp³-hybridized carbons (Fsp3) is 1.00. The Kier molecular flexibility index (Phi) is 5.40. The fourth-order valence-electron chi connectivity index (χ4n) is 1.95. The lowest BCUT2D eigenvalue weighted by atomic mass is 9.95. The molecule has 2 nitrogen and oxygen atoms in total. The van der Waals surface area contributed by atoms with E-state index >= 15 is 0 Å². The van der Waals surface area contributed by atoms with Crippen molar-refractivity contribution in [3.05, 3.63) is 0 Å². The van der Waals surface area contributed by atoms with Gasteiger partial charge in [0.2, 0.25) is 0 Å². The summed E-state index contributed by atoms with van der Waals surface area (Å²) in [7, 11) is 0. The summed E-state index contributed by atoms with van der Waals surface area (Å²) in [4.78, 5) is 0. The molecule has 0 aromatic heterocycles.